The number of esters is 1. The van der Waals surface area contributed by atoms with Crippen LogP contribution in [0.1, 0.15) is 27.2 Å². The van der Waals surface area contributed by atoms with Crippen molar-refractivity contribution in [1.29, 1.82) is 0 Å². The summed E-state index contributed by atoms with van der Waals surface area (Å²) in [6, 6.07) is 3.06. The number of ether oxygens (including phenoxy) is 3. The zero-order chi connectivity index (χ0) is 21.3. The number of carbonyl (C=O) groups is 2. The molecule has 0 bridgehead atoms. The molecule has 2 aromatic rings. The van der Waals surface area contributed by atoms with Gasteiger partial charge in [-0.3, -0.25) is 4.90 Å². The summed E-state index contributed by atoms with van der Waals surface area (Å²) in [5, 5.41) is -0.00514. The zero-order valence-corrected chi connectivity index (χ0v) is 17.2. The first-order valence-electron chi connectivity index (χ1n) is 8.94. The third-order valence-electron chi connectivity index (χ3n) is 4.20. The molecule has 1 aliphatic heterocycles. The average Bonchev–Trinajstić information content (AvgIpc) is 3.05. The number of likely N-dealkylation sites (tertiary alicyclic amines) is 1. The van der Waals surface area contributed by atoms with Crippen LogP contribution in [-0.2, 0) is 14.3 Å². The first-order chi connectivity index (χ1) is 13.6. The number of aromatic nitrogens is 2. The van der Waals surface area contributed by atoms with E-state index in [2.05, 4.69) is 9.97 Å². The minimum Gasteiger partial charge on any atom is -0.470 e. The molecule has 156 valence electrons. The number of rotatable bonds is 3. The molecule has 1 amide bonds. The number of nitrogens with zero attached hydrogens (tertiary/aromatic N) is 3. The molecule has 0 aliphatic carbocycles. The molecule has 1 aromatic carbocycles. The lowest BCUT2D eigenvalue weighted by molar-refractivity contribution is -0.145. The van der Waals surface area contributed by atoms with Crippen molar-refractivity contribution in [3.63, 3.8) is 0 Å². The highest BCUT2D eigenvalue weighted by molar-refractivity contribution is 6.31. The van der Waals surface area contributed by atoms with Crippen LogP contribution in [0, 0.1) is 5.82 Å². The van der Waals surface area contributed by atoms with Crippen LogP contribution in [0.2, 0.25) is 5.15 Å². The summed E-state index contributed by atoms with van der Waals surface area (Å²) in [5.74, 6) is -1.06. The molecular formula is C19H21ClFN3O5. The number of methoxy groups -OCH3 is 1. The van der Waals surface area contributed by atoms with Crippen LogP contribution >= 0.6 is 11.6 Å². The maximum atomic E-state index is 13.5. The quantitative estimate of drug-likeness (QED) is 0.696. The summed E-state index contributed by atoms with van der Waals surface area (Å²) in [4.78, 5) is 34.3. The molecule has 2 atom stereocenters. The van der Waals surface area contributed by atoms with E-state index in [0.29, 0.717) is 5.52 Å². The molecule has 29 heavy (non-hydrogen) atoms. The number of amides is 1. The fraction of sp³-hybridized carbons (Fsp3) is 0.474. The molecule has 3 rings (SSSR count). The molecule has 0 saturated carbocycles. The normalized spacial score (nSPS) is 19.3. The Labute approximate surface area is 171 Å². The van der Waals surface area contributed by atoms with E-state index in [9.17, 15) is 14.0 Å². The highest BCUT2D eigenvalue weighted by atomic mass is 35.5. The molecule has 10 heteroatoms. The highest BCUT2D eigenvalue weighted by Gasteiger charge is 2.43. The maximum Gasteiger partial charge on any atom is 0.411 e. The Kier molecular flexibility index (Phi) is 5.79. The van der Waals surface area contributed by atoms with Gasteiger partial charge in [0.2, 0.25) is 0 Å². The van der Waals surface area contributed by atoms with Gasteiger partial charge < -0.3 is 14.2 Å². The molecule has 2 unspecified atom stereocenters. The number of benzene rings is 1. The van der Waals surface area contributed by atoms with Gasteiger partial charge in [-0.2, -0.15) is 0 Å². The molecule has 0 spiro atoms. The number of hydrogen-bond acceptors (Lipinski definition) is 7. The Morgan fingerprint density at radius 3 is 2.62 bits per heavy atom. The van der Waals surface area contributed by atoms with E-state index in [-0.39, 0.29) is 29.5 Å². The van der Waals surface area contributed by atoms with E-state index in [1.807, 2.05) is 0 Å². The van der Waals surface area contributed by atoms with Gasteiger partial charge in [0.25, 0.3) is 5.88 Å². The summed E-state index contributed by atoms with van der Waals surface area (Å²) < 4.78 is 29.4. The van der Waals surface area contributed by atoms with Crippen LogP contribution in [0.4, 0.5) is 9.18 Å². The lowest BCUT2D eigenvalue weighted by Gasteiger charge is -2.27. The van der Waals surface area contributed by atoms with Crippen LogP contribution in [0.5, 0.6) is 5.88 Å². The van der Waals surface area contributed by atoms with Gasteiger partial charge in [0.05, 0.1) is 24.7 Å². The van der Waals surface area contributed by atoms with Crippen molar-refractivity contribution < 1.29 is 28.2 Å². The summed E-state index contributed by atoms with van der Waals surface area (Å²) in [6.45, 7) is 5.25. The second-order valence-corrected chi connectivity index (χ2v) is 7.96. The van der Waals surface area contributed by atoms with Crippen LogP contribution in [0.15, 0.2) is 18.2 Å². The lowest BCUT2D eigenvalue weighted by atomic mass is 10.2. The summed E-state index contributed by atoms with van der Waals surface area (Å²) in [5.41, 5.74) is -0.0395. The molecule has 1 aliphatic rings. The first-order valence-corrected chi connectivity index (χ1v) is 9.32. The van der Waals surface area contributed by atoms with Gasteiger partial charge in [-0.05, 0) is 32.9 Å². The Morgan fingerprint density at radius 2 is 1.97 bits per heavy atom. The fourth-order valence-corrected chi connectivity index (χ4v) is 3.17. The lowest BCUT2D eigenvalue weighted by Crippen LogP contribution is -2.44. The molecule has 2 heterocycles. The first kappa shape index (κ1) is 21.0. The summed E-state index contributed by atoms with van der Waals surface area (Å²) >= 11 is 6.14. The minimum absolute atomic E-state index is 0.00514. The molecule has 0 radical (unpaired) electrons. The Bertz CT molecular complexity index is 949. The van der Waals surface area contributed by atoms with Crippen LogP contribution in [-0.4, -0.2) is 58.3 Å². The number of halogens is 2. The van der Waals surface area contributed by atoms with Crippen molar-refractivity contribution in [1.82, 2.24) is 14.9 Å². The monoisotopic (exact) mass is 425 g/mol. The summed E-state index contributed by atoms with van der Waals surface area (Å²) in [6.07, 6.45) is -1.10. The second kappa shape index (κ2) is 7.98. The molecule has 1 saturated heterocycles. The number of hydrogen-bond donors (Lipinski definition) is 0. The van der Waals surface area contributed by atoms with Crippen LogP contribution < -0.4 is 4.74 Å². The zero-order valence-electron chi connectivity index (χ0n) is 16.4. The number of carbonyl (C=O) groups excluding carboxylic acids is 2. The summed E-state index contributed by atoms with van der Waals surface area (Å²) in [7, 11) is 1.24. The van der Waals surface area contributed by atoms with E-state index in [1.54, 1.807) is 20.8 Å². The SMILES string of the molecule is COC(=O)C1CC(Oc2nc3cc(F)ccc3nc2Cl)CN1C(=O)OC(C)(C)C. The Hall–Kier alpha value is -2.68. The topological polar surface area (TPSA) is 90.9 Å². The van der Waals surface area contributed by atoms with Crippen molar-refractivity contribution in [3.05, 3.63) is 29.2 Å². The molecule has 8 nitrogen and oxygen atoms in total. The maximum absolute atomic E-state index is 13.5. The fourth-order valence-electron chi connectivity index (χ4n) is 2.99. The van der Waals surface area contributed by atoms with E-state index >= 15 is 0 Å². The third-order valence-corrected chi connectivity index (χ3v) is 4.44. The van der Waals surface area contributed by atoms with Crippen molar-refractivity contribution in [3.8, 4) is 5.88 Å². The Balaban J connectivity index is 1.82. The number of fused-ring (bicyclic) bond motifs is 1. The smallest absolute Gasteiger partial charge is 0.411 e. The highest BCUT2D eigenvalue weighted by Crippen LogP contribution is 2.29. The van der Waals surface area contributed by atoms with E-state index in [0.717, 1.165) is 0 Å². The second-order valence-electron chi connectivity index (χ2n) is 7.60. The van der Waals surface area contributed by atoms with Crippen molar-refractivity contribution in [2.75, 3.05) is 13.7 Å². The van der Waals surface area contributed by atoms with Gasteiger partial charge in [-0.15, -0.1) is 0 Å². The van der Waals surface area contributed by atoms with Gasteiger partial charge >= 0.3 is 12.1 Å². The van der Waals surface area contributed by atoms with Gasteiger partial charge in [-0.1, -0.05) is 11.6 Å². The predicted molar refractivity (Wildman–Crippen MR) is 102 cm³/mol. The third kappa shape index (κ3) is 4.84. The largest absolute Gasteiger partial charge is 0.470 e. The minimum atomic E-state index is -0.871. The van der Waals surface area contributed by atoms with Gasteiger partial charge in [-0.25, -0.2) is 23.9 Å². The van der Waals surface area contributed by atoms with Crippen LogP contribution in [0.3, 0.4) is 0 Å². The standard InChI is InChI=1S/C19H21ClFN3O5/c1-19(2,3)29-18(26)24-9-11(8-14(24)17(25)27-4)28-16-15(20)22-12-6-5-10(21)7-13(12)23-16/h5-7,11,14H,8-9H2,1-4H3. The average molecular weight is 426 g/mol. The van der Waals surface area contributed by atoms with E-state index < -0.39 is 35.6 Å². The molecule has 0 N–H and O–H groups in total. The Morgan fingerprint density at radius 1 is 1.24 bits per heavy atom. The predicted octanol–water partition coefficient (Wildman–Crippen LogP) is 3.35. The van der Waals surface area contributed by atoms with Crippen molar-refractivity contribution in [2.24, 2.45) is 0 Å². The van der Waals surface area contributed by atoms with E-state index in [4.69, 9.17) is 25.8 Å². The van der Waals surface area contributed by atoms with Gasteiger partial charge in [0.1, 0.15) is 23.6 Å². The molecular weight excluding hydrogens is 405 g/mol. The van der Waals surface area contributed by atoms with E-state index in [1.165, 1.54) is 30.2 Å². The molecule has 1 fully saturated rings. The van der Waals surface area contributed by atoms with Crippen molar-refractivity contribution >= 4 is 34.7 Å². The van der Waals surface area contributed by atoms with Crippen LogP contribution in [0.25, 0.3) is 11.0 Å². The molecule has 1 aromatic heterocycles. The van der Waals surface area contributed by atoms with Gasteiger partial charge in [0.15, 0.2) is 5.15 Å². The van der Waals surface area contributed by atoms with Gasteiger partial charge in [0, 0.05) is 12.5 Å². The van der Waals surface area contributed by atoms with Crippen molar-refractivity contribution in [2.45, 2.75) is 44.9 Å².